The van der Waals surface area contributed by atoms with Crippen LogP contribution in [0.15, 0.2) is 48.3 Å². The van der Waals surface area contributed by atoms with Crippen LogP contribution < -0.4 is 5.32 Å². The van der Waals surface area contributed by atoms with Crippen molar-refractivity contribution in [3.05, 3.63) is 48.3 Å². The van der Waals surface area contributed by atoms with E-state index in [0.29, 0.717) is 42.8 Å². The molecule has 0 radical (unpaired) electrons. The van der Waals surface area contributed by atoms with Gasteiger partial charge in [0.05, 0.1) is 6.54 Å². The van der Waals surface area contributed by atoms with Gasteiger partial charge in [0.2, 0.25) is 5.91 Å². The van der Waals surface area contributed by atoms with E-state index in [1.54, 1.807) is 43.7 Å². The van der Waals surface area contributed by atoms with Gasteiger partial charge in [0, 0.05) is 55.9 Å². The minimum absolute atomic E-state index is 0.0395. The average Bonchev–Trinajstić information content (AvgIpc) is 2.74. The monoisotopic (exact) mass is 394 g/mol. The van der Waals surface area contributed by atoms with Crippen molar-refractivity contribution in [2.75, 3.05) is 32.5 Å². The van der Waals surface area contributed by atoms with Crippen molar-refractivity contribution in [3.63, 3.8) is 0 Å². The molecule has 3 rings (SSSR count). The predicted molar refractivity (Wildman–Crippen MR) is 106 cm³/mol. The molecule has 0 fully saturated rings. The van der Waals surface area contributed by atoms with Crippen molar-refractivity contribution in [3.8, 4) is 11.1 Å². The Morgan fingerprint density at radius 2 is 1.93 bits per heavy atom. The van der Waals surface area contributed by atoms with Gasteiger partial charge in [-0.1, -0.05) is 0 Å². The normalized spacial score (nSPS) is 13.8. The second-order valence-corrected chi connectivity index (χ2v) is 6.82. The Balaban J connectivity index is 1.69. The molecule has 0 atom stereocenters. The highest BCUT2D eigenvalue weighted by molar-refractivity contribution is 6.00. The molecule has 0 bridgehead atoms. The molecule has 9 heteroatoms. The number of rotatable bonds is 6. The van der Waals surface area contributed by atoms with Crippen molar-refractivity contribution in [2.45, 2.75) is 12.8 Å². The second kappa shape index (κ2) is 9.05. The minimum Gasteiger partial charge on any atom is -0.357 e. The number of amides is 2. The zero-order valence-corrected chi connectivity index (χ0v) is 16.3. The molecule has 2 amide bonds. The van der Waals surface area contributed by atoms with Crippen LogP contribution >= 0.6 is 0 Å². The Bertz CT molecular complexity index is 925. The highest BCUT2D eigenvalue weighted by Gasteiger charge is 2.28. The number of nitrogens with one attached hydrogen (secondary N) is 1. The van der Waals surface area contributed by atoms with Crippen LogP contribution in [-0.2, 0) is 14.4 Å². The van der Waals surface area contributed by atoms with Gasteiger partial charge in [-0.05, 0) is 25.0 Å². The van der Waals surface area contributed by atoms with Gasteiger partial charge in [-0.2, -0.15) is 0 Å². The number of aldehydes is 1. The van der Waals surface area contributed by atoms with Gasteiger partial charge in [0.15, 0.2) is 0 Å². The first kappa shape index (κ1) is 20.1. The lowest BCUT2D eigenvalue weighted by molar-refractivity contribution is -0.127. The summed E-state index contributed by atoms with van der Waals surface area (Å²) < 4.78 is 0. The van der Waals surface area contributed by atoms with E-state index in [1.165, 1.54) is 11.2 Å². The van der Waals surface area contributed by atoms with E-state index in [4.69, 9.17) is 0 Å². The van der Waals surface area contributed by atoms with Crippen molar-refractivity contribution >= 4 is 23.9 Å². The summed E-state index contributed by atoms with van der Waals surface area (Å²) in [4.78, 5) is 51.7. The number of aromatic nitrogens is 3. The van der Waals surface area contributed by atoms with Gasteiger partial charge >= 0.3 is 0 Å². The van der Waals surface area contributed by atoms with Crippen molar-refractivity contribution < 1.29 is 14.4 Å². The molecule has 1 aliphatic heterocycles. The van der Waals surface area contributed by atoms with Gasteiger partial charge < -0.3 is 15.1 Å². The SMILES string of the molecule is CN(C)C(=O)C1=C(C=O)CCCN1CC(=O)Nc1ccc(-c2cncnc2)cn1. The fourth-order valence-corrected chi connectivity index (χ4v) is 3.09. The van der Waals surface area contributed by atoms with Crippen LogP contribution in [0.4, 0.5) is 5.82 Å². The van der Waals surface area contributed by atoms with Crippen molar-refractivity contribution in [2.24, 2.45) is 0 Å². The van der Waals surface area contributed by atoms with Crippen LogP contribution in [0.25, 0.3) is 11.1 Å². The molecule has 0 aromatic carbocycles. The molecule has 9 nitrogen and oxygen atoms in total. The van der Waals surface area contributed by atoms with E-state index >= 15 is 0 Å². The largest absolute Gasteiger partial charge is 0.357 e. The van der Waals surface area contributed by atoms with Gasteiger partial charge in [-0.25, -0.2) is 15.0 Å². The molecule has 1 N–H and O–H groups in total. The first-order valence-corrected chi connectivity index (χ1v) is 9.16. The molecule has 0 unspecified atom stereocenters. The number of hydrogen-bond acceptors (Lipinski definition) is 7. The van der Waals surface area contributed by atoms with Crippen molar-refractivity contribution in [1.82, 2.24) is 24.8 Å². The number of carbonyl (C=O) groups is 3. The van der Waals surface area contributed by atoms with E-state index in [0.717, 1.165) is 11.1 Å². The highest BCUT2D eigenvalue weighted by atomic mass is 16.2. The number of nitrogens with zero attached hydrogens (tertiary/aromatic N) is 5. The molecule has 1 aliphatic rings. The fraction of sp³-hybridized carbons (Fsp3) is 0.300. The molecule has 150 valence electrons. The molecular weight excluding hydrogens is 372 g/mol. The van der Waals surface area contributed by atoms with Gasteiger partial charge in [-0.15, -0.1) is 0 Å². The molecule has 0 saturated heterocycles. The Kier molecular flexibility index (Phi) is 6.28. The number of pyridine rings is 1. The minimum atomic E-state index is -0.315. The lowest BCUT2D eigenvalue weighted by Crippen LogP contribution is -2.42. The smallest absolute Gasteiger partial charge is 0.270 e. The summed E-state index contributed by atoms with van der Waals surface area (Å²) in [7, 11) is 3.24. The van der Waals surface area contributed by atoms with Gasteiger partial charge in [0.1, 0.15) is 24.1 Å². The predicted octanol–water partition coefficient (Wildman–Crippen LogP) is 1.11. The molecule has 29 heavy (non-hydrogen) atoms. The third-order valence-corrected chi connectivity index (χ3v) is 4.50. The third kappa shape index (κ3) is 4.81. The third-order valence-electron chi connectivity index (χ3n) is 4.50. The number of hydrogen-bond donors (Lipinski definition) is 1. The number of likely N-dealkylation sites (N-methyl/N-ethyl adjacent to an activating group) is 1. The number of allylic oxidation sites excluding steroid dienone is 1. The highest BCUT2D eigenvalue weighted by Crippen LogP contribution is 2.22. The summed E-state index contributed by atoms with van der Waals surface area (Å²) in [5, 5.41) is 2.73. The lowest BCUT2D eigenvalue weighted by atomic mass is 10.0. The molecule has 3 heterocycles. The summed E-state index contributed by atoms with van der Waals surface area (Å²) in [6.07, 6.45) is 8.37. The van der Waals surface area contributed by atoms with E-state index in [2.05, 4.69) is 20.3 Å². The fourth-order valence-electron chi connectivity index (χ4n) is 3.09. The quantitative estimate of drug-likeness (QED) is 0.731. The summed E-state index contributed by atoms with van der Waals surface area (Å²) in [5.41, 5.74) is 2.37. The summed E-state index contributed by atoms with van der Waals surface area (Å²) in [5.74, 6) is -0.204. The van der Waals surface area contributed by atoms with E-state index in [1.807, 2.05) is 6.07 Å². The Morgan fingerprint density at radius 3 is 2.55 bits per heavy atom. The summed E-state index contributed by atoms with van der Waals surface area (Å²) >= 11 is 0. The van der Waals surface area contributed by atoms with Crippen LogP contribution in [0.3, 0.4) is 0 Å². The first-order chi connectivity index (χ1) is 14.0. The van der Waals surface area contributed by atoms with Crippen LogP contribution in [0.5, 0.6) is 0 Å². The van der Waals surface area contributed by atoms with Crippen molar-refractivity contribution in [1.29, 1.82) is 0 Å². The van der Waals surface area contributed by atoms with Gasteiger partial charge in [0.25, 0.3) is 5.91 Å². The molecular formula is C20H22N6O3. The zero-order chi connectivity index (χ0) is 20.8. The Morgan fingerprint density at radius 1 is 1.17 bits per heavy atom. The Labute approximate surface area is 168 Å². The maximum Gasteiger partial charge on any atom is 0.270 e. The molecule has 0 spiro atoms. The van der Waals surface area contributed by atoms with Crippen LogP contribution in [0, 0.1) is 0 Å². The number of anilines is 1. The van der Waals surface area contributed by atoms with Crippen LogP contribution in [0.2, 0.25) is 0 Å². The summed E-state index contributed by atoms with van der Waals surface area (Å²) in [6.45, 7) is 0.488. The van der Waals surface area contributed by atoms with Gasteiger partial charge in [-0.3, -0.25) is 14.4 Å². The molecule has 2 aromatic rings. The van der Waals surface area contributed by atoms with Crippen LogP contribution in [-0.4, -0.2) is 70.0 Å². The zero-order valence-electron chi connectivity index (χ0n) is 16.3. The molecule has 0 saturated carbocycles. The lowest BCUT2D eigenvalue weighted by Gasteiger charge is -2.32. The first-order valence-electron chi connectivity index (χ1n) is 9.16. The van der Waals surface area contributed by atoms with E-state index < -0.39 is 0 Å². The Hall–Kier alpha value is -3.62. The number of carbonyl (C=O) groups excluding carboxylic acids is 3. The topological polar surface area (TPSA) is 108 Å². The second-order valence-electron chi connectivity index (χ2n) is 6.82. The molecule has 2 aromatic heterocycles. The maximum absolute atomic E-state index is 12.5. The average molecular weight is 394 g/mol. The summed E-state index contributed by atoms with van der Waals surface area (Å²) in [6, 6.07) is 3.50. The van der Waals surface area contributed by atoms with E-state index in [-0.39, 0.29) is 18.4 Å². The maximum atomic E-state index is 12.5. The molecule has 0 aliphatic carbocycles. The van der Waals surface area contributed by atoms with Crippen LogP contribution in [0.1, 0.15) is 12.8 Å². The standard InChI is InChI=1S/C20H22N6O3/c1-25(2)20(29)19-15(12-27)4-3-7-26(19)11-18(28)24-17-6-5-14(10-23-17)16-8-21-13-22-9-16/h5-6,8-10,12-13H,3-4,7,11H2,1-2H3,(H,23,24,28). The van der Waals surface area contributed by atoms with E-state index in [9.17, 15) is 14.4 Å².